The molecule has 3 amide bonds. The Morgan fingerprint density at radius 2 is 2.10 bits per heavy atom. The van der Waals surface area contributed by atoms with E-state index in [2.05, 4.69) is 33.1 Å². The standard InChI is InChI=1S/C20H26ClN5O3/c1-11-4-3-7-26(10-11)20-24-17-16(19(29)25-20)14(9-15(27)23-17)18(28)22-13-6-2-5-12(21)8-13/h2,5-6,8,11,14,16-17,20,24H,3-4,7,9-10H2,1H3,(H,22,28)(H,23,27)(H,25,29). The zero-order valence-corrected chi connectivity index (χ0v) is 17.0. The van der Waals surface area contributed by atoms with E-state index in [1.807, 2.05) is 0 Å². The van der Waals surface area contributed by atoms with E-state index in [1.165, 1.54) is 6.42 Å². The Bertz CT molecular complexity index is 819. The van der Waals surface area contributed by atoms with Crippen molar-refractivity contribution < 1.29 is 14.4 Å². The molecule has 0 saturated carbocycles. The Labute approximate surface area is 174 Å². The van der Waals surface area contributed by atoms with Crippen LogP contribution in [0.1, 0.15) is 26.2 Å². The Morgan fingerprint density at radius 3 is 2.86 bits per heavy atom. The van der Waals surface area contributed by atoms with Crippen LogP contribution in [0, 0.1) is 17.8 Å². The van der Waals surface area contributed by atoms with Crippen molar-refractivity contribution in [2.75, 3.05) is 18.4 Å². The lowest BCUT2D eigenvalue weighted by atomic mass is 9.81. The largest absolute Gasteiger partial charge is 0.340 e. The summed E-state index contributed by atoms with van der Waals surface area (Å²) in [6.07, 6.45) is 1.28. The molecule has 0 spiro atoms. The first kappa shape index (κ1) is 20.1. The van der Waals surface area contributed by atoms with Gasteiger partial charge in [-0.25, -0.2) is 0 Å². The van der Waals surface area contributed by atoms with Crippen molar-refractivity contribution >= 4 is 35.0 Å². The Balaban J connectivity index is 1.49. The molecule has 4 rings (SSSR count). The SMILES string of the molecule is CC1CCCN(C2NC(=O)C3C(NC(=O)CC3C(=O)Nc3cccc(Cl)c3)N2)C1. The number of halogens is 1. The summed E-state index contributed by atoms with van der Waals surface area (Å²) >= 11 is 5.98. The van der Waals surface area contributed by atoms with Gasteiger partial charge >= 0.3 is 0 Å². The Kier molecular flexibility index (Phi) is 5.76. The number of nitrogens with zero attached hydrogens (tertiary/aromatic N) is 1. The maximum atomic E-state index is 13.0. The molecular formula is C20H26ClN5O3. The highest BCUT2D eigenvalue weighted by molar-refractivity contribution is 6.30. The molecular weight excluding hydrogens is 394 g/mol. The van der Waals surface area contributed by atoms with Crippen LogP contribution in [0.5, 0.6) is 0 Å². The highest BCUT2D eigenvalue weighted by atomic mass is 35.5. The molecule has 29 heavy (non-hydrogen) atoms. The number of benzene rings is 1. The van der Waals surface area contributed by atoms with Gasteiger partial charge in [0.05, 0.1) is 18.0 Å². The third kappa shape index (κ3) is 4.39. The molecule has 156 valence electrons. The van der Waals surface area contributed by atoms with E-state index < -0.39 is 18.0 Å². The number of piperidine rings is 2. The second kappa shape index (κ2) is 8.30. The molecule has 0 aromatic heterocycles. The van der Waals surface area contributed by atoms with Crippen LogP contribution >= 0.6 is 11.6 Å². The topological polar surface area (TPSA) is 103 Å². The molecule has 0 aliphatic carbocycles. The number of anilines is 1. The summed E-state index contributed by atoms with van der Waals surface area (Å²) in [7, 11) is 0. The van der Waals surface area contributed by atoms with Gasteiger partial charge in [-0.1, -0.05) is 24.6 Å². The van der Waals surface area contributed by atoms with Crippen molar-refractivity contribution in [2.45, 2.75) is 38.6 Å². The molecule has 5 unspecified atom stereocenters. The predicted molar refractivity (Wildman–Crippen MR) is 109 cm³/mol. The van der Waals surface area contributed by atoms with E-state index in [-0.39, 0.29) is 30.4 Å². The summed E-state index contributed by atoms with van der Waals surface area (Å²) in [6.45, 7) is 3.95. The van der Waals surface area contributed by atoms with E-state index >= 15 is 0 Å². The van der Waals surface area contributed by atoms with Crippen molar-refractivity contribution in [2.24, 2.45) is 17.8 Å². The first-order valence-electron chi connectivity index (χ1n) is 10.1. The van der Waals surface area contributed by atoms with Gasteiger partial charge in [-0.15, -0.1) is 0 Å². The van der Waals surface area contributed by atoms with Crippen LogP contribution in [0.15, 0.2) is 24.3 Å². The van der Waals surface area contributed by atoms with Gasteiger partial charge in [0.2, 0.25) is 17.7 Å². The first-order chi connectivity index (χ1) is 13.9. The van der Waals surface area contributed by atoms with Crippen molar-refractivity contribution in [1.29, 1.82) is 0 Å². The quantitative estimate of drug-likeness (QED) is 0.587. The lowest BCUT2D eigenvalue weighted by Crippen LogP contribution is -2.74. The van der Waals surface area contributed by atoms with E-state index in [4.69, 9.17) is 11.6 Å². The van der Waals surface area contributed by atoms with Crippen LogP contribution in [0.25, 0.3) is 0 Å². The molecule has 4 N–H and O–H groups in total. The number of fused-ring (bicyclic) bond motifs is 1. The fourth-order valence-electron chi connectivity index (χ4n) is 4.52. The maximum Gasteiger partial charge on any atom is 0.229 e. The van der Waals surface area contributed by atoms with Crippen LogP contribution in [0.3, 0.4) is 0 Å². The number of carbonyl (C=O) groups is 3. The van der Waals surface area contributed by atoms with E-state index in [0.717, 1.165) is 19.5 Å². The molecule has 0 radical (unpaired) electrons. The summed E-state index contributed by atoms with van der Waals surface area (Å²) in [5.74, 6) is -1.71. The smallest absolute Gasteiger partial charge is 0.229 e. The number of carbonyl (C=O) groups excluding carboxylic acids is 3. The van der Waals surface area contributed by atoms with Crippen molar-refractivity contribution in [3.63, 3.8) is 0 Å². The van der Waals surface area contributed by atoms with Gasteiger partial charge in [0.1, 0.15) is 6.29 Å². The first-order valence-corrected chi connectivity index (χ1v) is 10.4. The second-order valence-electron chi connectivity index (χ2n) is 8.20. The summed E-state index contributed by atoms with van der Waals surface area (Å²) in [6, 6.07) is 6.79. The van der Waals surface area contributed by atoms with Gasteiger partial charge in [0, 0.05) is 30.2 Å². The molecule has 3 aliphatic rings. The zero-order valence-electron chi connectivity index (χ0n) is 16.3. The lowest BCUT2D eigenvalue weighted by Gasteiger charge is -2.47. The monoisotopic (exact) mass is 419 g/mol. The van der Waals surface area contributed by atoms with Gasteiger partial charge in [-0.2, -0.15) is 0 Å². The summed E-state index contributed by atoms with van der Waals surface area (Å²) < 4.78 is 0. The molecule has 1 aromatic rings. The van der Waals surface area contributed by atoms with E-state index in [1.54, 1.807) is 24.3 Å². The minimum absolute atomic E-state index is 0.0337. The van der Waals surface area contributed by atoms with Crippen LogP contribution in [-0.2, 0) is 14.4 Å². The van der Waals surface area contributed by atoms with Crippen LogP contribution < -0.4 is 21.3 Å². The number of amides is 3. The summed E-state index contributed by atoms with van der Waals surface area (Å²) in [5.41, 5.74) is 0.536. The summed E-state index contributed by atoms with van der Waals surface area (Å²) in [4.78, 5) is 40.3. The van der Waals surface area contributed by atoms with Gasteiger partial charge in [-0.05, 0) is 37.0 Å². The van der Waals surface area contributed by atoms with Crippen LogP contribution in [0.2, 0.25) is 5.02 Å². The highest BCUT2D eigenvalue weighted by Gasteiger charge is 2.49. The molecule has 8 nitrogen and oxygen atoms in total. The number of likely N-dealkylation sites (tertiary alicyclic amines) is 1. The van der Waals surface area contributed by atoms with Crippen molar-refractivity contribution in [3.05, 3.63) is 29.3 Å². The molecule has 3 saturated heterocycles. The normalized spacial score (nSPS) is 32.7. The maximum absolute atomic E-state index is 13.0. The molecule has 3 aliphatic heterocycles. The van der Waals surface area contributed by atoms with Gasteiger partial charge in [-0.3, -0.25) is 24.6 Å². The molecule has 3 fully saturated rings. The lowest BCUT2D eigenvalue weighted by molar-refractivity contribution is -0.148. The van der Waals surface area contributed by atoms with Gasteiger partial charge < -0.3 is 16.0 Å². The van der Waals surface area contributed by atoms with E-state index in [9.17, 15) is 14.4 Å². The fraction of sp³-hybridized carbons (Fsp3) is 0.550. The summed E-state index contributed by atoms with van der Waals surface area (Å²) in [5, 5.41) is 12.5. The van der Waals surface area contributed by atoms with Gasteiger partial charge in [0.25, 0.3) is 0 Å². The van der Waals surface area contributed by atoms with Gasteiger partial charge in [0.15, 0.2) is 0 Å². The van der Waals surface area contributed by atoms with Crippen molar-refractivity contribution in [1.82, 2.24) is 20.9 Å². The third-order valence-corrected chi connectivity index (χ3v) is 6.15. The average Bonchev–Trinajstić information content (AvgIpc) is 2.67. The van der Waals surface area contributed by atoms with Crippen LogP contribution in [-0.4, -0.2) is 48.2 Å². The van der Waals surface area contributed by atoms with Crippen molar-refractivity contribution in [3.8, 4) is 0 Å². The highest BCUT2D eigenvalue weighted by Crippen LogP contribution is 2.29. The molecule has 5 atom stereocenters. The molecule has 9 heteroatoms. The predicted octanol–water partition coefficient (Wildman–Crippen LogP) is 1.09. The number of nitrogens with one attached hydrogen (secondary N) is 4. The number of hydrogen-bond donors (Lipinski definition) is 4. The second-order valence-corrected chi connectivity index (χ2v) is 8.64. The Hall–Kier alpha value is -2.16. The Morgan fingerprint density at radius 1 is 1.28 bits per heavy atom. The van der Waals surface area contributed by atoms with Crippen LogP contribution in [0.4, 0.5) is 5.69 Å². The van der Waals surface area contributed by atoms with E-state index in [0.29, 0.717) is 16.6 Å². The average molecular weight is 420 g/mol. The molecule has 0 bridgehead atoms. The minimum Gasteiger partial charge on any atom is -0.340 e. The third-order valence-electron chi connectivity index (χ3n) is 5.92. The fourth-order valence-corrected chi connectivity index (χ4v) is 4.71. The zero-order chi connectivity index (χ0) is 20.5. The number of rotatable bonds is 3. The molecule has 3 heterocycles. The minimum atomic E-state index is -0.763. The molecule has 1 aromatic carbocycles. The number of hydrogen-bond acceptors (Lipinski definition) is 5.